The Balaban J connectivity index is 3.30. The maximum absolute atomic E-state index is 11.6. The standard InChI is InChI=1S/C8H10N2O5S2/c1-6-2-4-7(5-3-6)16(12,13)17(14,15)10-8(9)11/h2-5H,1H3,(H3,9,10,11). The van der Waals surface area contributed by atoms with Crippen molar-refractivity contribution in [3.05, 3.63) is 29.8 Å². The molecule has 0 heterocycles. The lowest BCUT2D eigenvalue weighted by Gasteiger charge is -2.06. The molecule has 0 fully saturated rings. The predicted octanol–water partition coefficient (Wildman–Crippen LogP) is -0.318. The van der Waals surface area contributed by atoms with Gasteiger partial charge in [0.1, 0.15) is 0 Å². The Morgan fingerprint density at radius 3 is 2.00 bits per heavy atom. The average Bonchev–Trinajstić information content (AvgIpc) is 2.16. The van der Waals surface area contributed by atoms with Gasteiger partial charge < -0.3 is 5.73 Å². The van der Waals surface area contributed by atoms with Crippen LogP contribution < -0.4 is 10.5 Å². The van der Waals surface area contributed by atoms with Crippen molar-refractivity contribution < 1.29 is 21.6 Å². The SMILES string of the molecule is Cc1ccc(S(=O)(=O)S(=O)(=O)NC(N)=O)cc1. The summed E-state index contributed by atoms with van der Waals surface area (Å²) < 4.78 is 47.2. The van der Waals surface area contributed by atoms with Crippen molar-refractivity contribution in [1.29, 1.82) is 0 Å². The number of carbonyl (C=O) groups excluding carboxylic acids is 1. The molecule has 0 atom stereocenters. The molecule has 0 spiro atoms. The van der Waals surface area contributed by atoms with E-state index in [9.17, 15) is 21.6 Å². The molecule has 0 radical (unpaired) electrons. The Morgan fingerprint density at radius 1 is 1.12 bits per heavy atom. The molecule has 1 aromatic carbocycles. The maximum atomic E-state index is 11.6. The Hall–Kier alpha value is -1.61. The molecule has 0 bridgehead atoms. The van der Waals surface area contributed by atoms with Crippen LogP contribution in [0.25, 0.3) is 0 Å². The lowest BCUT2D eigenvalue weighted by atomic mass is 10.2. The van der Waals surface area contributed by atoms with Crippen molar-refractivity contribution in [2.45, 2.75) is 11.8 Å². The number of hydrogen-bond donors (Lipinski definition) is 2. The lowest BCUT2D eigenvalue weighted by molar-refractivity contribution is 0.253. The minimum Gasteiger partial charge on any atom is -0.351 e. The summed E-state index contributed by atoms with van der Waals surface area (Å²) in [6.07, 6.45) is 0. The Bertz CT molecular complexity index is 631. The fourth-order valence-corrected chi connectivity index (χ4v) is 3.76. The predicted molar refractivity (Wildman–Crippen MR) is 60.0 cm³/mol. The van der Waals surface area contributed by atoms with Crippen molar-refractivity contribution in [3.63, 3.8) is 0 Å². The fraction of sp³-hybridized carbons (Fsp3) is 0.125. The van der Waals surface area contributed by atoms with Crippen molar-refractivity contribution in [3.8, 4) is 0 Å². The number of rotatable bonds is 3. The second-order valence-corrected chi connectivity index (χ2v) is 8.31. The number of benzene rings is 1. The Morgan fingerprint density at radius 2 is 1.59 bits per heavy atom. The zero-order valence-corrected chi connectivity index (χ0v) is 10.4. The quantitative estimate of drug-likeness (QED) is 0.733. The van der Waals surface area contributed by atoms with E-state index in [0.717, 1.165) is 17.7 Å². The highest BCUT2D eigenvalue weighted by Crippen LogP contribution is 2.16. The van der Waals surface area contributed by atoms with Crippen LogP contribution in [0.3, 0.4) is 0 Å². The number of amides is 2. The molecule has 0 saturated carbocycles. The minimum atomic E-state index is -4.88. The van der Waals surface area contributed by atoms with Gasteiger partial charge in [-0.1, -0.05) is 17.7 Å². The summed E-state index contributed by atoms with van der Waals surface area (Å²) in [5.74, 6) is 0. The van der Waals surface area contributed by atoms with E-state index in [1.54, 1.807) is 6.92 Å². The van der Waals surface area contributed by atoms with Gasteiger partial charge in [0.25, 0.3) is 8.87 Å². The summed E-state index contributed by atoms with van der Waals surface area (Å²) in [7, 11) is -9.57. The highest BCUT2D eigenvalue weighted by Gasteiger charge is 2.32. The number of carbonyl (C=O) groups is 1. The molecule has 0 aliphatic carbocycles. The minimum absolute atomic E-state index is 0.433. The van der Waals surface area contributed by atoms with E-state index < -0.39 is 28.9 Å². The van der Waals surface area contributed by atoms with Crippen molar-refractivity contribution in [2.75, 3.05) is 0 Å². The molecule has 1 rings (SSSR count). The number of nitrogens with two attached hydrogens (primary N) is 1. The highest BCUT2D eigenvalue weighted by molar-refractivity contribution is 8.66. The van der Waals surface area contributed by atoms with Gasteiger partial charge in [-0.15, -0.1) is 0 Å². The van der Waals surface area contributed by atoms with E-state index in [4.69, 9.17) is 0 Å². The molecule has 9 heteroatoms. The summed E-state index contributed by atoms with van der Waals surface area (Å²) in [6, 6.07) is 3.68. The number of aryl methyl sites for hydroxylation is 1. The molecule has 1 aromatic rings. The molecule has 0 unspecified atom stereocenters. The summed E-state index contributed by atoms with van der Waals surface area (Å²) in [6.45, 7) is 1.71. The number of urea groups is 1. The van der Waals surface area contributed by atoms with Gasteiger partial charge in [-0.05, 0) is 19.1 Å². The van der Waals surface area contributed by atoms with Crippen LogP contribution >= 0.6 is 0 Å². The Kier molecular flexibility index (Phi) is 3.43. The van der Waals surface area contributed by atoms with Crippen LogP contribution in [0.15, 0.2) is 29.2 Å². The summed E-state index contributed by atoms with van der Waals surface area (Å²) >= 11 is 0. The van der Waals surface area contributed by atoms with E-state index in [1.807, 2.05) is 0 Å². The van der Waals surface area contributed by atoms with Crippen molar-refractivity contribution in [1.82, 2.24) is 4.72 Å². The number of nitrogens with one attached hydrogen (secondary N) is 1. The van der Waals surface area contributed by atoms with Crippen LogP contribution in [-0.4, -0.2) is 22.9 Å². The molecule has 17 heavy (non-hydrogen) atoms. The third-order valence-electron chi connectivity index (χ3n) is 1.82. The topological polar surface area (TPSA) is 123 Å². The van der Waals surface area contributed by atoms with Gasteiger partial charge in [-0.25, -0.2) is 17.9 Å². The summed E-state index contributed by atoms with van der Waals surface area (Å²) in [5, 5.41) is 0. The molecule has 94 valence electrons. The monoisotopic (exact) mass is 278 g/mol. The van der Waals surface area contributed by atoms with Gasteiger partial charge in [-0.3, -0.25) is 0 Å². The van der Waals surface area contributed by atoms with E-state index in [2.05, 4.69) is 5.73 Å². The maximum Gasteiger partial charge on any atom is 0.347 e. The molecule has 3 N–H and O–H groups in total. The summed E-state index contributed by atoms with van der Waals surface area (Å²) in [5.41, 5.74) is 5.35. The summed E-state index contributed by atoms with van der Waals surface area (Å²) in [4.78, 5) is 9.98. The molecular weight excluding hydrogens is 268 g/mol. The van der Waals surface area contributed by atoms with E-state index in [1.165, 1.54) is 16.9 Å². The molecular formula is C8H10N2O5S2. The van der Waals surface area contributed by atoms with Crippen molar-refractivity contribution in [2.24, 2.45) is 5.73 Å². The number of primary amides is 1. The van der Waals surface area contributed by atoms with Gasteiger partial charge >= 0.3 is 15.1 Å². The zero-order valence-electron chi connectivity index (χ0n) is 8.74. The molecule has 0 aromatic heterocycles. The molecule has 0 saturated heterocycles. The first-order chi connectivity index (χ1) is 7.67. The van der Waals surface area contributed by atoms with Crippen LogP contribution in [0.4, 0.5) is 4.79 Å². The van der Waals surface area contributed by atoms with E-state index in [-0.39, 0.29) is 0 Å². The first kappa shape index (κ1) is 13.5. The average molecular weight is 278 g/mol. The fourth-order valence-electron chi connectivity index (χ4n) is 1.01. The van der Waals surface area contributed by atoms with Gasteiger partial charge in [-0.2, -0.15) is 8.42 Å². The third-order valence-corrected chi connectivity index (χ3v) is 6.26. The second-order valence-electron chi connectivity index (χ2n) is 3.19. The Labute approximate surface area is 98.0 Å². The highest BCUT2D eigenvalue weighted by atomic mass is 33.2. The second kappa shape index (κ2) is 4.34. The zero-order chi connectivity index (χ0) is 13.3. The van der Waals surface area contributed by atoms with E-state index in [0.29, 0.717) is 0 Å². The van der Waals surface area contributed by atoms with Gasteiger partial charge in [0.05, 0.1) is 4.90 Å². The van der Waals surface area contributed by atoms with Crippen LogP contribution in [0, 0.1) is 6.92 Å². The molecule has 0 aliphatic rings. The molecule has 0 aliphatic heterocycles. The van der Waals surface area contributed by atoms with Gasteiger partial charge in [0, 0.05) is 0 Å². The van der Waals surface area contributed by atoms with Crippen LogP contribution in [-0.2, 0) is 17.9 Å². The molecule has 2 amide bonds. The van der Waals surface area contributed by atoms with Gasteiger partial charge in [0.15, 0.2) is 0 Å². The first-order valence-electron chi connectivity index (χ1n) is 4.31. The van der Waals surface area contributed by atoms with Crippen LogP contribution in [0.5, 0.6) is 0 Å². The van der Waals surface area contributed by atoms with Crippen LogP contribution in [0.2, 0.25) is 0 Å². The molecule has 7 nitrogen and oxygen atoms in total. The lowest BCUT2D eigenvalue weighted by Crippen LogP contribution is -2.39. The normalized spacial score (nSPS) is 12.1. The van der Waals surface area contributed by atoms with Crippen LogP contribution in [0.1, 0.15) is 5.56 Å². The number of hydrogen-bond acceptors (Lipinski definition) is 5. The van der Waals surface area contributed by atoms with Crippen molar-refractivity contribution >= 4 is 24.0 Å². The van der Waals surface area contributed by atoms with E-state index >= 15 is 0 Å². The van der Waals surface area contributed by atoms with Gasteiger partial charge in [0.2, 0.25) is 0 Å². The smallest absolute Gasteiger partial charge is 0.347 e. The third kappa shape index (κ3) is 2.74. The first-order valence-corrected chi connectivity index (χ1v) is 7.79. The largest absolute Gasteiger partial charge is 0.351 e.